The molecule has 1 heterocycles. The van der Waals surface area contributed by atoms with Gasteiger partial charge in [-0.25, -0.2) is 9.36 Å². The van der Waals surface area contributed by atoms with E-state index in [0.717, 1.165) is 0 Å². The van der Waals surface area contributed by atoms with E-state index < -0.39 is 19.0 Å². The van der Waals surface area contributed by atoms with Gasteiger partial charge in [0.2, 0.25) is 11.8 Å². The SMILES string of the molecule is CCC(=O)OCc1ccc(OP(=O)(OCCOCCN2C(=O)CC(SCCOCCOCCOC)C2=O)OCCOC(=O)c2ccccc2)cc1. The number of hydrogen-bond donors (Lipinski definition) is 0. The van der Waals surface area contributed by atoms with E-state index in [9.17, 15) is 23.7 Å². The number of hydrogen-bond acceptors (Lipinski definition) is 15. The minimum absolute atomic E-state index is 0.0376. The summed E-state index contributed by atoms with van der Waals surface area (Å²) in [6.45, 7) is 3.38. The number of esters is 2. The van der Waals surface area contributed by atoms with Gasteiger partial charge in [-0.15, -0.1) is 11.8 Å². The molecule has 2 amide bonds. The zero-order valence-electron chi connectivity index (χ0n) is 28.9. The number of amides is 2. The Hall–Kier alpha value is -3.34. The van der Waals surface area contributed by atoms with Crippen molar-refractivity contribution in [2.75, 3.05) is 85.5 Å². The van der Waals surface area contributed by atoms with Gasteiger partial charge in [0.05, 0.1) is 76.8 Å². The largest absolute Gasteiger partial charge is 0.530 e. The standard InChI is InChI=1S/C34H46NO14PS/c1-3-32(37)46-26-27-9-11-29(12-10-27)49-50(40,48-22-20-45-34(39)28-7-5-4-6-8-28)47-21-19-42-14-13-35-31(36)25-30(33(35)38)51-24-23-44-18-17-43-16-15-41-2/h4-12,30H,3,13-26H2,1-2H3. The molecule has 1 aliphatic heterocycles. The molecule has 0 radical (unpaired) electrons. The molecule has 0 N–H and O–H groups in total. The normalized spacial score (nSPS) is 15.5. The van der Waals surface area contributed by atoms with E-state index in [0.29, 0.717) is 49.9 Å². The van der Waals surface area contributed by atoms with Crippen molar-refractivity contribution in [3.05, 3.63) is 65.7 Å². The van der Waals surface area contributed by atoms with E-state index in [1.807, 2.05) is 0 Å². The van der Waals surface area contributed by atoms with E-state index in [-0.39, 0.29) is 82.6 Å². The van der Waals surface area contributed by atoms with Crippen LogP contribution in [0.15, 0.2) is 54.6 Å². The molecular weight excluding hydrogens is 709 g/mol. The van der Waals surface area contributed by atoms with Gasteiger partial charge in [0.25, 0.3) is 0 Å². The number of thioether (sulfide) groups is 1. The number of methoxy groups -OCH3 is 1. The molecule has 1 aliphatic rings. The molecule has 2 aromatic rings. The number of phosphoric acid groups is 1. The Labute approximate surface area is 302 Å². The third kappa shape index (κ3) is 16.3. The van der Waals surface area contributed by atoms with Crippen LogP contribution in [0.25, 0.3) is 0 Å². The van der Waals surface area contributed by atoms with Crippen LogP contribution < -0.4 is 4.52 Å². The van der Waals surface area contributed by atoms with Crippen molar-refractivity contribution >= 4 is 43.3 Å². The predicted octanol–water partition coefficient (Wildman–Crippen LogP) is 4.07. The molecule has 51 heavy (non-hydrogen) atoms. The van der Waals surface area contributed by atoms with Crippen LogP contribution in [-0.2, 0) is 63.0 Å². The topological polar surface area (TPSA) is 172 Å². The molecule has 3 rings (SSSR count). The molecule has 1 saturated heterocycles. The van der Waals surface area contributed by atoms with Crippen LogP contribution in [0.1, 0.15) is 35.7 Å². The Morgan fingerprint density at radius 1 is 0.804 bits per heavy atom. The Bertz CT molecular complexity index is 1400. The second-order valence-corrected chi connectivity index (χ2v) is 13.5. The van der Waals surface area contributed by atoms with Gasteiger partial charge in [0, 0.05) is 25.7 Å². The summed E-state index contributed by atoms with van der Waals surface area (Å²) in [4.78, 5) is 50.1. The smallest absolute Gasteiger partial charge is 0.461 e. The highest BCUT2D eigenvalue weighted by atomic mass is 32.2. The number of rotatable bonds is 27. The van der Waals surface area contributed by atoms with Crippen LogP contribution in [0.3, 0.4) is 0 Å². The molecule has 2 aromatic carbocycles. The maximum atomic E-state index is 13.5. The van der Waals surface area contributed by atoms with E-state index in [1.54, 1.807) is 56.5 Å². The summed E-state index contributed by atoms with van der Waals surface area (Å²) in [5, 5.41) is -0.477. The van der Waals surface area contributed by atoms with Crippen molar-refractivity contribution in [1.29, 1.82) is 0 Å². The third-order valence-electron chi connectivity index (χ3n) is 6.89. The summed E-state index contributed by atoms with van der Waals surface area (Å²) in [7, 11) is -2.64. The van der Waals surface area contributed by atoms with E-state index in [4.69, 9.17) is 42.0 Å². The molecule has 1 fully saturated rings. The first-order valence-corrected chi connectivity index (χ1v) is 19.0. The third-order valence-corrected chi connectivity index (χ3v) is 9.50. The second kappa shape index (κ2) is 24.0. The maximum absolute atomic E-state index is 13.5. The van der Waals surface area contributed by atoms with Crippen molar-refractivity contribution in [3.63, 3.8) is 0 Å². The van der Waals surface area contributed by atoms with Crippen molar-refractivity contribution in [1.82, 2.24) is 4.90 Å². The van der Waals surface area contributed by atoms with E-state index >= 15 is 0 Å². The lowest BCUT2D eigenvalue weighted by atomic mass is 10.2. The number of ether oxygens (including phenoxy) is 6. The van der Waals surface area contributed by atoms with Crippen molar-refractivity contribution in [2.45, 2.75) is 31.6 Å². The fraction of sp³-hybridized carbons (Fsp3) is 0.529. The highest BCUT2D eigenvalue weighted by Crippen LogP contribution is 2.49. The van der Waals surface area contributed by atoms with Gasteiger partial charge in [-0.2, -0.15) is 0 Å². The Morgan fingerprint density at radius 2 is 1.45 bits per heavy atom. The minimum Gasteiger partial charge on any atom is -0.461 e. The molecule has 2 atom stereocenters. The quantitative estimate of drug-likeness (QED) is 0.0553. The lowest BCUT2D eigenvalue weighted by molar-refractivity contribution is -0.144. The van der Waals surface area contributed by atoms with Crippen LogP contribution in [-0.4, -0.2) is 119 Å². The Kier molecular flexibility index (Phi) is 19.8. The summed E-state index contributed by atoms with van der Waals surface area (Å²) in [6, 6.07) is 14.7. The lowest BCUT2D eigenvalue weighted by Gasteiger charge is -2.19. The number of likely N-dealkylation sites (tertiary alicyclic amines) is 1. The molecule has 15 nitrogen and oxygen atoms in total. The summed E-state index contributed by atoms with van der Waals surface area (Å²) in [6.07, 6.45) is 0.359. The first-order valence-electron chi connectivity index (χ1n) is 16.5. The van der Waals surface area contributed by atoms with Gasteiger partial charge >= 0.3 is 19.8 Å². The predicted molar refractivity (Wildman–Crippen MR) is 185 cm³/mol. The van der Waals surface area contributed by atoms with Gasteiger partial charge in [-0.3, -0.25) is 28.3 Å². The average Bonchev–Trinajstić information content (AvgIpc) is 3.41. The van der Waals surface area contributed by atoms with Crippen LogP contribution >= 0.6 is 19.6 Å². The van der Waals surface area contributed by atoms with Crippen molar-refractivity contribution < 1.29 is 65.7 Å². The fourth-order valence-corrected chi connectivity index (χ4v) is 6.45. The van der Waals surface area contributed by atoms with Crippen LogP contribution in [0.2, 0.25) is 0 Å². The number of imide groups is 1. The van der Waals surface area contributed by atoms with Gasteiger partial charge in [0.1, 0.15) is 19.0 Å². The molecule has 0 bridgehead atoms. The number of carbonyl (C=O) groups excluding carboxylic acids is 4. The second-order valence-electron chi connectivity index (χ2n) is 10.6. The van der Waals surface area contributed by atoms with Gasteiger partial charge in [-0.05, 0) is 29.8 Å². The van der Waals surface area contributed by atoms with Crippen LogP contribution in [0.4, 0.5) is 0 Å². The zero-order chi connectivity index (χ0) is 36.7. The molecular formula is C34H46NO14PS. The monoisotopic (exact) mass is 755 g/mol. The first-order chi connectivity index (χ1) is 24.7. The van der Waals surface area contributed by atoms with Gasteiger partial charge < -0.3 is 32.9 Å². The molecule has 17 heteroatoms. The Morgan fingerprint density at radius 3 is 2.16 bits per heavy atom. The summed E-state index contributed by atoms with van der Waals surface area (Å²) < 4.78 is 61.6. The minimum atomic E-state index is -4.25. The van der Waals surface area contributed by atoms with Crippen molar-refractivity contribution in [2.24, 2.45) is 0 Å². The highest BCUT2D eigenvalue weighted by molar-refractivity contribution is 8.00. The molecule has 2 unspecified atom stereocenters. The lowest BCUT2D eigenvalue weighted by Crippen LogP contribution is -2.34. The van der Waals surface area contributed by atoms with E-state index in [2.05, 4.69) is 0 Å². The molecule has 0 aliphatic carbocycles. The molecule has 282 valence electrons. The Balaban J connectivity index is 1.41. The van der Waals surface area contributed by atoms with E-state index in [1.165, 1.54) is 28.8 Å². The van der Waals surface area contributed by atoms with Crippen LogP contribution in [0, 0.1) is 0 Å². The van der Waals surface area contributed by atoms with Gasteiger partial charge in [0.15, 0.2) is 0 Å². The average molecular weight is 756 g/mol. The summed E-state index contributed by atoms with van der Waals surface area (Å²) in [5.41, 5.74) is 1.04. The molecule has 0 aromatic heterocycles. The summed E-state index contributed by atoms with van der Waals surface area (Å²) in [5.74, 6) is -0.759. The molecule has 0 spiro atoms. The number of carbonyl (C=O) groups is 4. The maximum Gasteiger partial charge on any atom is 0.530 e. The number of phosphoric ester groups is 1. The van der Waals surface area contributed by atoms with Gasteiger partial charge in [-0.1, -0.05) is 37.3 Å². The molecule has 0 saturated carbocycles. The number of benzene rings is 2. The summed E-state index contributed by atoms with van der Waals surface area (Å²) >= 11 is 1.37. The zero-order valence-corrected chi connectivity index (χ0v) is 30.6. The first kappa shape index (κ1) is 42.1. The van der Waals surface area contributed by atoms with Crippen molar-refractivity contribution in [3.8, 4) is 5.75 Å². The fourth-order valence-electron chi connectivity index (χ4n) is 4.27. The number of nitrogens with zero attached hydrogens (tertiary/aromatic N) is 1. The van der Waals surface area contributed by atoms with Crippen LogP contribution in [0.5, 0.6) is 5.75 Å². The highest BCUT2D eigenvalue weighted by Gasteiger charge is 2.38.